The van der Waals surface area contributed by atoms with E-state index in [-0.39, 0.29) is 0 Å². The molecule has 0 radical (unpaired) electrons. The van der Waals surface area contributed by atoms with Gasteiger partial charge in [-0.3, -0.25) is 0 Å². The first kappa shape index (κ1) is 41.4. The van der Waals surface area contributed by atoms with Crippen molar-refractivity contribution in [1.82, 2.24) is 0 Å². The summed E-state index contributed by atoms with van der Waals surface area (Å²) < 4.78 is 0. The van der Waals surface area contributed by atoms with Gasteiger partial charge in [0.25, 0.3) is 0 Å². The van der Waals surface area contributed by atoms with Crippen LogP contribution < -0.4 is 4.90 Å². The summed E-state index contributed by atoms with van der Waals surface area (Å²) in [6, 6.07) is 104. The fraction of sp³-hybridized carbons (Fsp3) is 0. The summed E-state index contributed by atoms with van der Waals surface area (Å²) in [4.78, 5) is 2.51. The summed E-state index contributed by atoms with van der Waals surface area (Å²) in [7, 11) is 0. The van der Waals surface area contributed by atoms with Crippen LogP contribution in [0.1, 0.15) is 0 Å². The molecule has 1 heteroatoms. The van der Waals surface area contributed by atoms with Crippen molar-refractivity contribution in [1.29, 1.82) is 0 Å². The van der Waals surface area contributed by atoms with Gasteiger partial charge in [0.1, 0.15) is 0 Å². The molecule has 0 heterocycles. The zero-order valence-corrected chi connectivity index (χ0v) is 38.1. The van der Waals surface area contributed by atoms with E-state index in [1.807, 2.05) is 0 Å². The van der Waals surface area contributed by atoms with Crippen molar-refractivity contribution < 1.29 is 0 Å². The lowest BCUT2D eigenvalue weighted by atomic mass is 9.84. The van der Waals surface area contributed by atoms with Crippen molar-refractivity contribution in [3.05, 3.63) is 285 Å². The molecule has 0 aromatic heterocycles. The average Bonchev–Trinajstić information content (AvgIpc) is 3.44. The number of rotatable bonds is 10. The van der Waals surface area contributed by atoms with Crippen LogP contribution in [0.25, 0.3) is 99.4 Å². The lowest BCUT2D eigenvalue weighted by Gasteiger charge is -2.31. The lowest BCUT2D eigenvalue weighted by Crippen LogP contribution is -2.12. The number of hydrogen-bond donors (Lipinski definition) is 0. The number of anilines is 3. The maximum Gasteiger partial charge on any atom is 0.0546 e. The Morgan fingerprint density at radius 1 is 0.203 bits per heavy atom. The summed E-state index contributed by atoms with van der Waals surface area (Å²) in [6.07, 6.45) is 0. The quantitative estimate of drug-likeness (QED) is 0.124. The lowest BCUT2D eigenvalue weighted by molar-refractivity contribution is 1.30. The van der Waals surface area contributed by atoms with Crippen molar-refractivity contribution in [3.8, 4) is 77.9 Å². The maximum atomic E-state index is 2.51. The first-order valence-corrected chi connectivity index (χ1v) is 23.8. The SMILES string of the molecule is c1ccc(-c2ccc(N(c3ccc(-c4cccc(-c5ccccc5)c4-c4ccccc4)cc3)c3cccc4c3c(-c3ccccc3)c(-c3ccccc3)c3ccccc34)c(-c3ccccc3)c2)cc1. The van der Waals surface area contributed by atoms with E-state index >= 15 is 0 Å². The number of benzene rings is 12. The van der Waals surface area contributed by atoms with Crippen LogP contribution in [0.2, 0.25) is 0 Å². The molecular weight excluding hydrogens is 831 g/mol. The third-order valence-electron chi connectivity index (χ3n) is 13.5. The van der Waals surface area contributed by atoms with E-state index in [0.717, 1.165) is 33.8 Å². The predicted octanol–water partition coefficient (Wildman–Crippen LogP) is 19.1. The van der Waals surface area contributed by atoms with Gasteiger partial charge in [-0.05, 0) is 113 Å². The Balaban J connectivity index is 1.16. The predicted molar refractivity (Wildman–Crippen MR) is 294 cm³/mol. The number of fused-ring (bicyclic) bond motifs is 3. The van der Waals surface area contributed by atoms with E-state index in [1.54, 1.807) is 0 Å². The monoisotopic (exact) mass is 877 g/mol. The van der Waals surface area contributed by atoms with Crippen LogP contribution in [0.5, 0.6) is 0 Å². The third kappa shape index (κ3) is 7.76. The highest BCUT2D eigenvalue weighted by Crippen LogP contribution is 2.52. The second kappa shape index (κ2) is 18.3. The molecule has 0 spiro atoms. The van der Waals surface area contributed by atoms with Gasteiger partial charge >= 0.3 is 0 Å². The van der Waals surface area contributed by atoms with E-state index in [9.17, 15) is 0 Å². The highest BCUT2D eigenvalue weighted by Gasteiger charge is 2.26. The molecule has 12 aromatic rings. The molecule has 0 saturated heterocycles. The van der Waals surface area contributed by atoms with E-state index < -0.39 is 0 Å². The van der Waals surface area contributed by atoms with Crippen LogP contribution in [0.4, 0.5) is 17.1 Å². The smallest absolute Gasteiger partial charge is 0.0546 e. The van der Waals surface area contributed by atoms with Gasteiger partial charge in [-0.1, -0.05) is 255 Å². The van der Waals surface area contributed by atoms with Gasteiger partial charge in [0.05, 0.1) is 11.4 Å². The summed E-state index contributed by atoms with van der Waals surface area (Å²) in [5.74, 6) is 0. The zero-order chi connectivity index (χ0) is 45.9. The van der Waals surface area contributed by atoms with Gasteiger partial charge in [-0.2, -0.15) is 0 Å². The van der Waals surface area contributed by atoms with Gasteiger partial charge in [0.2, 0.25) is 0 Å². The molecule has 0 aliphatic carbocycles. The number of nitrogens with zero attached hydrogens (tertiary/aromatic N) is 1. The van der Waals surface area contributed by atoms with Gasteiger partial charge in [0.15, 0.2) is 0 Å². The third-order valence-corrected chi connectivity index (χ3v) is 13.5. The molecule has 69 heavy (non-hydrogen) atoms. The standard InChI is InChI=1S/C68H47N/c1-7-23-48(24-8-1)55-43-46-63(62(47-55)50-27-11-3-12-28-50)69(56-44-41-51(42-45-56)58-38-21-37-57(49-25-9-2-10-26-49)65(58)52-29-13-4-14-30-52)64-40-22-39-61-59-35-19-20-36-60(59)66(53-31-15-5-16-32-53)67(68(61)64)54-33-17-6-18-34-54/h1-47H. The largest absolute Gasteiger partial charge is 0.309 e. The molecule has 0 N–H and O–H groups in total. The first-order chi connectivity index (χ1) is 34.3. The van der Waals surface area contributed by atoms with Crippen molar-refractivity contribution in [2.24, 2.45) is 0 Å². The second-order valence-electron chi connectivity index (χ2n) is 17.5. The Morgan fingerprint density at radius 3 is 1.17 bits per heavy atom. The zero-order valence-electron chi connectivity index (χ0n) is 38.1. The highest BCUT2D eigenvalue weighted by molar-refractivity contribution is 6.25. The van der Waals surface area contributed by atoms with Crippen LogP contribution in [-0.2, 0) is 0 Å². The molecule has 0 aliphatic rings. The van der Waals surface area contributed by atoms with E-state index in [4.69, 9.17) is 0 Å². The van der Waals surface area contributed by atoms with Crippen LogP contribution >= 0.6 is 0 Å². The van der Waals surface area contributed by atoms with Gasteiger partial charge in [-0.15, -0.1) is 0 Å². The van der Waals surface area contributed by atoms with Crippen LogP contribution in [0, 0.1) is 0 Å². The Kier molecular flexibility index (Phi) is 11.0. The molecule has 324 valence electrons. The fourth-order valence-electron chi connectivity index (χ4n) is 10.4. The molecule has 12 rings (SSSR count). The summed E-state index contributed by atoms with van der Waals surface area (Å²) in [5.41, 5.74) is 19.8. The molecular formula is C68H47N. The Labute approximate surface area is 404 Å². The van der Waals surface area contributed by atoms with Gasteiger partial charge in [-0.25, -0.2) is 0 Å². The molecule has 0 aliphatic heterocycles. The fourth-order valence-corrected chi connectivity index (χ4v) is 10.4. The molecule has 0 saturated carbocycles. The van der Waals surface area contributed by atoms with Gasteiger partial charge in [0, 0.05) is 22.2 Å². The normalized spacial score (nSPS) is 11.2. The minimum atomic E-state index is 1.06. The molecule has 0 amide bonds. The van der Waals surface area contributed by atoms with E-state index in [0.29, 0.717) is 0 Å². The first-order valence-electron chi connectivity index (χ1n) is 23.8. The van der Waals surface area contributed by atoms with E-state index in [2.05, 4.69) is 290 Å². The summed E-state index contributed by atoms with van der Waals surface area (Å²) in [5, 5.41) is 4.85. The van der Waals surface area contributed by atoms with Crippen molar-refractivity contribution in [2.45, 2.75) is 0 Å². The Hall–Kier alpha value is -9.04. The molecule has 0 bridgehead atoms. The maximum absolute atomic E-state index is 2.51. The summed E-state index contributed by atoms with van der Waals surface area (Å²) >= 11 is 0. The van der Waals surface area contributed by atoms with Crippen LogP contribution in [0.3, 0.4) is 0 Å². The van der Waals surface area contributed by atoms with Crippen LogP contribution in [-0.4, -0.2) is 0 Å². The van der Waals surface area contributed by atoms with Crippen molar-refractivity contribution in [2.75, 3.05) is 4.90 Å². The van der Waals surface area contributed by atoms with Crippen molar-refractivity contribution in [3.63, 3.8) is 0 Å². The molecule has 12 aromatic carbocycles. The number of hydrogen-bond acceptors (Lipinski definition) is 1. The topological polar surface area (TPSA) is 3.24 Å². The highest BCUT2D eigenvalue weighted by atomic mass is 15.1. The Bertz CT molecular complexity index is 3720. The average molecular weight is 878 g/mol. The molecule has 0 fully saturated rings. The van der Waals surface area contributed by atoms with Crippen LogP contribution in [0.15, 0.2) is 285 Å². The minimum Gasteiger partial charge on any atom is -0.309 e. The second-order valence-corrected chi connectivity index (χ2v) is 17.5. The molecule has 1 nitrogen and oxygen atoms in total. The minimum absolute atomic E-state index is 1.06. The molecule has 0 atom stereocenters. The van der Waals surface area contributed by atoms with E-state index in [1.165, 1.54) is 82.7 Å². The molecule has 0 unspecified atom stereocenters. The van der Waals surface area contributed by atoms with Gasteiger partial charge < -0.3 is 4.90 Å². The Morgan fingerprint density at radius 2 is 0.609 bits per heavy atom. The summed E-state index contributed by atoms with van der Waals surface area (Å²) in [6.45, 7) is 0. The van der Waals surface area contributed by atoms with Crippen molar-refractivity contribution >= 4 is 38.6 Å².